The second-order valence-electron chi connectivity index (χ2n) is 4.96. The minimum Gasteiger partial charge on any atom is -0.495 e. The van der Waals surface area contributed by atoms with E-state index in [-0.39, 0.29) is 17.3 Å². The lowest BCUT2D eigenvalue weighted by Crippen LogP contribution is -2.40. The van der Waals surface area contributed by atoms with Crippen molar-refractivity contribution >= 4 is 16.0 Å². The van der Waals surface area contributed by atoms with E-state index in [1.807, 2.05) is 0 Å². The topological polar surface area (TPSA) is 93.1 Å². The van der Waals surface area contributed by atoms with Crippen LogP contribution in [0, 0.1) is 0 Å². The second kappa shape index (κ2) is 7.57. The van der Waals surface area contributed by atoms with Crippen LogP contribution in [0.15, 0.2) is 23.1 Å². The van der Waals surface area contributed by atoms with Gasteiger partial charge >= 0.3 is 5.97 Å². The molecule has 0 radical (unpaired) electrons. The fourth-order valence-electron chi connectivity index (χ4n) is 1.98. The number of carboxylic acids is 1. The maximum Gasteiger partial charge on any atom is 0.318 e. The molecule has 0 aromatic heterocycles. The molecule has 0 unspecified atom stereocenters. The number of rotatable bonds is 8. The van der Waals surface area contributed by atoms with Crippen LogP contribution in [0.3, 0.4) is 0 Å². The average Bonchev–Trinajstić information content (AvgIpc) is 2.44. The minimum atomic E-state index is -4.01. The molecule has 22 heavy (non-hydrogen) atoms. The van der Waals surface area contributed by atoms with Gasteiger partial charge in [0.15, 0.2) is 0 Å². The van der Waals surface area contributed by atoms with E-state index in [9.17, 15) is 13.2 Å². The fraction of sp³-hybridized carbons (Fsp3) is 0.500. The molecule has 0 aliphatic carbocycles. The lowest BCUT2D eigenvalue weighted by atomic mass is 10.2. The van der Waals surface area contributed by atoms with Crippen molar-refractivity contribution in [2.24, 2.45) is 0 Å². The Morgan fingerprint density at radius 1 is 1.32 bits per heavy atom. The summed E-state index contributed by atoms with van der Waals surface area (Å²) in [6, 6.07) is 4.16. The largest absolute Gasteiger partial charge is 0.495 e. The smallest absolute Gasteiger partial charge is 0.318 e. The quantitative estimate of drug-likeness (QED) is 0.772. The van der Waals surface area contributed by atoms with Crippen molar-refractivity contribution in [2.75, 3.05) is 20.8 Å². The summed E-state index contributed by atoms with van der Waals surface area (Å²) >= 11 is 0. The molecule has 0 heterocycles. The van der Waals surface area contributed by atoms with Gasteiger partial charge in [0.05, 0.1) is 13.7 Å². The Labute approximate surface area is 130 Å². The number of sulfonamides is 1. The summed E-state index contributed by atoms with van der Waals surface area (Å²) < 4.78 is 36.6. The molecule has 1 N–H and O–H groups in total. The van der Waals surface area contributed by atoms with Crippen LogP contribution in [0.25, 0.3) is 0 Å². The standard InChI is InChI=1S/C14H21NO6S/c1-10(2)15(8-14(16)17)22(18,19)13-7-11(9-20-3)5-6-12(13)21-4/h5-7,10H,8-9H2,1-4H3,(H,16,17). The molecule has 0 atom stereocenters. The summed E-state index contributed by atoms with van der Waals surface area (Å²) in [5.74, 6) is -1.06. The van der Waals surface area contributed by atoms with Gasteiger partial charge in [-0.1, -0.05) is 6.07 Å². The molecule has 8 heteroatoms. The van der Waals surface area contributed by atoms with E-state index in [2.05, 4.69) is 0 Å². The highest BCUT2D eigenvalue weighted by Gasteiger charge is 2.31. The van der Waals surface area contributed by atoms with E-state index in [0.717, 1.165) is 4.31 Å². The Balaban J connectivity index is 3.40. The van der Waals surface area contributed by atoms with Crippen LogP contribution in [0.4, 0.5) is 0 Å². The van der Waals surface area contributed by atoms with Crippen molar-refractivity contribution in [3.63, 3.8) is 0 Å². The Morgan fingerprint density at radius 3 is 2.41 bits per heavy atom. The van der Waals surface area contributed by atoms with Gasteiger partial charge in [-0.25, -0.2) is 8.42 Å². The fourth-order valence-corrected chi connectivity index (χ4v) is 3.78. The molecule has 0 aliphatic rings. The van der Waals surface area contributed by atoms with Crippen molar-refractivity contribution in [1.82, 2.24) is 4.31 Å². The summed E-state index contributed by atoms with van der Waals surface area (Å²) in [7, 11) is -1.14. The van der Waals surface area contributed by atoms with Gasteiger partial charge in [0.1, 0.15) is 17.2 Å². The zero-order valence-corrected chi connectivity index (χ0v) is 13.9. The maximum atomic E-state index is 12.8. The first-order chi connectivity index (χ1) is 10.2. The van der Waals surface area contributed by atoms with Gasteiger partial charge in [-0.2, -0.15) is 4.31 Å². The van der Waals surface area contributed by atoms with Gasteiger partial charge in [-0.3, -0.25) is 4.79 Å². The van der Waals surface area contributed by atoms with Crippen molar-refractivity contribution < 1.29 is 27.8 Å². The number of ether oxygens (including phenoxy) is 2. The second-order valence-corrected chi connectivity index (χ2v) is 6.81. The summed E-state index contributed by atoms with van der Waals surface area (Å²) in [5, 5.41) is 8.95. The van der Waals surface area contributed by atoms with E-state index >= 15 is 0 Å². The molecule has 0 bridgehead atoms. The molecule has 1 rings (SSSR count). The number of methoxy groups -OCH3 is 2. The lowest BCUT2D eigenvalue weighted by molar-refractivity contribution is -0.137. The first kappa shape index (κ1) is 18.4. The van der Waals surface area contributed by atoms with Gasteiger partial charge in [0.25, 0.3) is 0 Å². The van der Waals surface area contributed by atoms with E-state index in [0.29, 0.717) is 5.56 Å². The predicted molar refractivity (Wildman–Crippen MR) is 80.4 cm³/mol. The summed E-state index contributed by atoms with van der Waals surface area (Å²) in [6.45, 7) is 2.86. The molecule has 1 aromatic carbocycles. The van der Waals surface area contributed by atoms with Crippen LogP contribution < -0.4 is 4.74 Å². The van der Waals surface area contributed by atoms with Gasteiger partial charge < -0.3 is 14.6 Å². The third-order valence-corrected chi connectivity index (χ3v) is 5.04. The third-order valence-electron chi connectivity index (χ3n) is 2.99. The van der Waals surface area contributed by atoms with Crippen molar-refractivity contribution in [3.8, 4) is 5.75 Å². The molecular weight excluding hydrogens is 310 g/mol. The number of carbonyl (C=O) groups is 1. The number of carboxylic acid groups (broad SMARTS) is 1. The Morgan fingerprint density at radius 2 is 1.95 bits per heavy atom. The van der Waals surface area contributed by atoms with Crippen molar-refractivity contribution in [3.05, 3.63) is 23.8 Å². The summed E-state index contributed by atoms with van der Waals surface area (Å²) in [6.07, 6.45) is 0. The van der Waals surface area contributed by atoms with Gasteiger partial charge in [-0.15, -0.1) is 0 Å². The molecule has 1 aromatic rings. The SMILES string of the molecule is COCc1ccc(OC)c(S(=O)(=O)N(CC(=O)O)C(C)C)c1. The molecule has 0 amide bonds. The van der Waals surface area contributed by atoms with E-state index < -0.39 is 28.6 Å². The number of hydrogen-bond donors (Lipinski definition) is 1. The summed E-state index contributed by atoms with van der Waals surface area (Å²) in [4.78, 5) is 10.9. The molecule has 0 saturated heterocycles. The molecule has 0 aliphatic heterocycles. The van der Waals surface area contributed by atoms with Gasteiger partial charge in [0, 0.05) is 13.2 Å². The minimum absolute atomic E-state index is 0.0699. The van der Waals surface area contributed by atoms with Crippen LogP contribution in [0.5, 0.6) is 5.75 Å². The molecule has 124 valence electrons. The third kappa shape index (κ3) is 4.19. The van der Waals surface area contributed by atoms with E-state index in [4.69, 9.17) is 14.6 Å². The van der Waals surface area contributed by atoms with Crippen LogP contribution in [-0.4, -0.2) is 50.6 Å². The van der Waals surface area contributed by atoms with E-state index in [1.165, 1.54) is 26.4 Å². The first-order valence-electron chi connectivity index (χ1n) is 6.63. The lowest BCUT2D eigenvalue weighted by Gasteiger charge is -2.25. The highest BCUT2D eigenvalue weighted by molar-refractivity contribution is 7.89. The van der Waals surface area contributed by atoms with Crippen LogP contribution in [0.1, 0.15) is 19.4 Å². The van der Waals surface area contributed by atoms with Crippen LogP contribution >= 0.6 is 0 Å². The molecule has 0 saturated carbocycles. The van der Waals surface area contributed by atoms with E-state index in [1.54, 1.807) is 19.9 Å². The van der Waals surface area contributed by atoms with Gasteiger partial charge in [0.2, 0.25) is 10.0 Å². The Bertz CT molecular complexity index is 626. The normalized spacial score (nSPS) is 11.9. The first-order valence-corrected chi connectivity index (χ1v) is 8.07. The predicted octanol–water partition coefficient (Wildman–Crippen LogP) is 1.33. The Kier molecular flexibility index (Phi) is 6.34. The summed E-state index contributed by atoms with van der Waals surface area (Å²) in [5.41, 5.74) is 0.654. The number of hydrogen-bond acceptors (Lipinski definition) is 5. The zero-order chi connectivity index (χ0) is 16.9. The molecule has 7 nitrogen and oxygen atoms in total. The number of aliphatic carboxylic acids is 1. The number of nitrogens with zero attached hydrogens (tertiary/aromatic N) is 1. The van der Waals surface area contributed by atoms with Crippen molar-refractivity contribution in [1.29, 1.82) is 0 Å². The van der Waals surface area contributed by atoms with Crippen molar-refractivity contribution in [2.45, 2.75) is 31.4 Å². The monoisotopic (exact) mass is 331 g/mol. The van der Waals surface area contributed by atoms with Crippen LogP contribution in [-0.2, 0) is 26.2 Å². The zero-order valence-electron chi connectivity index (χ0n) is 13.1. The molecular formula is C14H21NO6S. The Hall–Kier alpha value is -1.64. The highest BCUT2D eigenvalue weighted by Crippen LogP contribution is 2.29. The maximum absolute atomic E-state index is 12.8. The number of benzene rings is 1. The molecule has 0 spiro atoms. The highest BCUT2D eigenvalue weighted by atomic mass is 32.2. The molecule has 0 fully saturated rings. The van der Waals surface area contributed by atoms with Gasteiger partial charge in [-0.05, 0) is 31.5 Å². The van der Waals surface area contributed by atoms with Crippen LogP contribution in [0.2, 0.25) is 0 Å². The average molecular weight is 331 g/mol.